The summed E-state index contributed by atoms with van der Waals surface area (Å²) >= 11 is 1.49. The highest BCUT2D eigenvalue weighted by Crippen LogP contribution is 2.15. The molecular weight excluding hydrogens is 280 g/mol. The van der Waals surface area contributed by atoms with Gasteiger partial charge >= 0.3 is 0 Å². The third-order valence-corrected chi connectivity index (χ3v) is 3.37. The number of hydrogen-bond acceptors (Lipinski definition) is 7. The van der Waals surface area contributed by atoms with E-state index in [1.54, 1.807) is 36.0 Å². The Morgan fingerprint density at radius 1 is 1.55 bits per heavy atom. The first kappa shape index (κ1) is 14.3. The van der Waals surface area contributed by atoms with E-state index in [9.17, 15) is 4.79 Å². The molecule has 2 aromatic rings. The second-order valence-corrected chi connectivity index (χ2v) is 4.85. The third kappa shape index (κ3) is 3.68. The number of nitrogen functional groups attached to an aromatic ring is 1. The van der Waals surface area contributed by atoms with Crippen LogP contribution in [0.15, 0.2) is 29.4 Å². The Morgan fingerprint density at radius 3 is 3.10 bits per heavy atom. The molecule has 1 aromatic carbocycles. The van der Waals surface area contributed by atoms with Gasteiger partial charge in [0.25, 0.3) is 5.91 Å². The van der Waals surface area contributed by atoms with Gasteiger partial charge < -0.3 is 4.74 Å². The number of rotatable bonds is 6. The van der Waals surface area contributed by atoms with Crippen LogP contribution in [0.5, 0.6) is 5.75 Å². The fourth-order valence-corrected chi connectivity index (χ4v) is 2.11. The lowest BCUT2D eigenvalue weighted by Gasteiger charge is -2.07. The van der Waals surface area contributed by atoms with Gasteiger partial charge in [0.05, 0.1) is 6.61 Å². The average Bonchev–Trinajstić information content (AvgIpc) is 2.88. The largest absolute Gasteiger partial charge is 0.493 e. The maximum atomic E-state index is 11.4. The molecule has 1 amide bonds. The summed E-state index contributed by atoms with van der Waals surface area (Å²) in [5.41, 5.74) is 2.53. The zero-order valence-corrected chi connectivity index (χ0v) is 11.6. The molecule has 0 bridgehead atoms. The number of hydrazine groups is 1. The van der Waals surface area contributed by atoms with E-state index < -0.39 is 0 Å². The van der Waals surface area contributed by atoms with Crippen LogP contribution in [0.3, 0.4) is 0 Å². The van der Waals surface area contributed by atoms with Crippen molar-refractivity contribution in [2.24, 2.45) is 12.9 Å². The fourth-order valence-electron chi connectivity index (χ4n) is 1.45. The highest BCUT2D eigenvalue weighted by atomic mass is 32.2. The first-order chi connectivity index (χ1) is 9.70. The molecule has 9 heteroatoms. The average molecular weight is 294 g/mol. The monoisotopic (exact) mass is 294 g/mol. The Labute approximate surface area is 119 Å². The number of aromatic nitrogens is 4. The van der Waals surface area contributed by atoms with Crippen molar-refractivity contribution in [1.82, 2.24) is 25.6 Å². The van der Waals surface area contributed by atoms with E-state index in [1.165, 1.54) is 11.8 Å². The molecular formula is C11H14N6O2S. The Hall–Kier alpha value is -2.13. The summed E-state index contributed by atoms with van der Waals surface area (Å²) in [6.45, 7) is 0.477. The standard InChI is InChI=1S/C11H14N6O2S/c1-17-11(14-15-16-17)20-6-5-19-9-4-2-3-8(7-9)10(18)13-12/h2-4,7H,5-6,12H2,1H3,(H,13,18). The van der Waals surface area contributed by atoms with E-state index >= 15 is 0 Å². The Kier molecular flexibility index (Phi) is 4.91. The van der Waals surface area contributed by atoms with Crippen LogP contribution in [0.25, 0.3) is 0 Å². The number of amides is 1. The van der Waals surface area contributed by atoms with Crippen LogP contribution >= 0.6 is 11.8 Å². The molecule has 0 aliphatic heterocycles. The van der Waals surface area contributed by atoms with Crippen molar-refractivity contribution in [3.63, 3.8) is 0 Å². The molecule has 0 saturated heterocycles. The number of nitrogens with one attached hydrogen (secondary N) is 1. The topological polar surface area (TPSA) is 108 Å². The third-order valence-electron chi connectivity index (χ3n) is 2.39. The van der Waals surface area contributed by atoms with E-state index in [0.717, 1.165) is 5.16 Å². The molecule has 8 nitrogen and oxygen atoms in total. The molecule has 0 unspecified atom stereocenters. The number of thioether (sulfide) groups is 1. The smallest absolute Gasteiger partial charge is 0.265 e. The quantitative estimate of drug-likeness (QED) is 0.253. The Balaban J connectivity index is 1.82. The van der Waals surface area contributed by atoms with Crippen LogP contribution in [0.2, 0.25) is 0 Å². The highest BCUT2D eigenvalue weighted by Gasteiger charge is 2.05. The molecule has 1 aromatic heterocycles. The molecule has 2 rings (SSSR count). The van der Waals surface area contributed by atoms with Crippen LogP contribution in [-0.4, -0.2) is 38.5 Å². The van der Waals surface area contributed by atoms with Crippen LogP contribution in [0.1, 0.15) is 10.4 Å². The lowest BCUT2D eigenvalue weighted by atomic mass is 10.2. The minimum Gasteiger partial charge on any atom is -0.493 e. The number of benzene rings is 1. The van der Waals surface area contributed by atoms with Gasteiger partial charge in [-0.25, -0.2) is 10.5 Å². The summed E-state index contributed by atoms with van der Waals surface area (Å²) in [6.07, 6.45) is 0. The lowest BCUT2D eigenvalue weighted by molar-refractivity contribution is 0.0953. The zero-order valence-electron chi connectivity index (χ0n) is 10.8. The normalized spacial score (nSPS) is 10.3. The molecule has 0 saturated carbocycles. The van der Waals surface area contributed by atoms with E-state index in [2.05, 4.69) is 21.0 Å². The molecule has 0 spiro atoms. The summed E-state index contributed by atoms with van der Waals surface area (Å²) in [7, 11) is 1.78. The van der Waals surface area contributed by atoms with Crippen molar-refractivity contribution in [2.75, 3.05) is 12.4 Å². The number of hydrogen-bond donors (Lipinski definition) is 2. The first-order valence-electron chi connectivity index (χ1n) is 5.79. The molecule has 20 heavy (non-hydrogen) atoms. The predicted octanol–water partition coefficient (Wildman–Crippen LogP) is -0.0153. The van der Waals surface area contributed by atoms with Crippen molar-refractivity contribution >= 4 is 17.7 Å². The van der Waals surface area contributed by atoms with Gasteiger partial charge in [0.15, 0.2) is 0 Å². The van der Waals surface area contributed by atoms with Gasteiger partial charge in [0.2, 0.25) is 5.16 Å². The van der Waals surface area contributed by atoms with Crippen molar-refractivity contribution in [2.45, 2.75) is 5.16 Å². The highest BCUT2D eigenvalue weighted by molar-refractivity contribution is 7.99. The summed E-state index contributed by atoms with van der Waals surface area (Å²) in [6, 6.07) is 6.81. The number of nitrogens with two attached hydrogens (primary N) is 1. The van der Waals surface area contributed by atoms with E-state index in [4.69, 9.17) is 10.6 Å². The number of carbonyl (C=O) groups excluding carboxylic acids is 1. The number of tetrazole rings is 1. The Bertz CT molecular complexity index is 588. The van der Waals surface area contributed by atoms with Crippen LogP contribution < -0.4 is 16.0 Å². The van der Waals surface area contributed by atoms with Gasteiger partial charge in [-0.2, -0.15) is 0 Å². The van der Waals surface area contributed by atoms with E-state index in [-0.39, 0.29) is 5.91 Å². The summed E-state index contributed by atoms with van der Waals surface area (Å²) in [5.74, 6) is 6.04. The number of nitrogens with zero attached hydrogens (tertiary/aromatic N) is 4. The van der Waals surface area contributed by atoms with Crippen molar-refractivity contribution < 1.29 is 9.53 Å². The number of ether oxygens (including phenoxy) is 1. The molecule has 0 fully saturated rings. The van der Waals surface area contributed by atoms with E-state index in [0.29, 0.717) is 23.7 Å². The molecule has 0 aliphatic carbocycles. The predicted molar refractivity (Wildman–Crippen MR) is 73.1 cm³/mol. The van der Waals surface area contributed by atoms with Crippen molar-refractivity contribution in [3.05, 3.63) is 29.8 Å². The summed E-state index contributed by atoms with van der Waals surface area (Å²) in [4.78, 5) is 11.4. The van der Waals surface area contributed by atoms with Crippen LogP contribution in [0, 0.1) is 0 Å². The van der Waals surface area contributed by atoms with Crippen molar-refractivity contribution in [1.29, 1.82) is 0 Å². The minimum atomic E-state index is -0.352. The fraction of sp³-hybridized carbons (Fsp3) is 0.273. The molecule has 0 atom stereocenters. The Morgan fingerprint density at radius 2 is 2.40 bits per heavy atom. The zero-order chi connectivity index (χ0) is 14.4. The van der Waals surface area contributed by atoms with Gasteiger partial charge in [0.1, 0.15) is 5.75 Å². The van der Waals surface area contributed by atoms with Crippen LogP contribution in [-0.2, 0) is 7.05 Å². The van der Waals surface area contributed by atoms with Gasteiger partial charge in [-0.05, 0) is 28.6 Å². The van der Waals surface area contributed by atoms with Crippen molar-refractivity contribution in [3.8, 4) is 5.75 Å². The second kappa shape index (κ2) is 6.87. The van der Waals surface area contributed by atoms with Gasteiger partial charge in [-0.3, -0.25) is 10.2 Å². The summed E-state index contributed by atoms with van der Waals surface area (Å²) < 4.78 is 7.15. The second-order valence-electron chi connectivity index (χ2n) is 3.78. The maximum Gasteiger partial charge on any atom is 0.265 e. The lowest BCUT2D eigenvalue weighted by Crippen LogP contribution is -2.29. The molecule has 3 N–H and O–H groups in total. The maximum absolute atomic E-state index is 11.4. The van der Waals surface area contributed by atoms with Gasteiger partial charge in [0, 0.05) is 18.4 Å². The van der Waals surface area contributed by atoms with Crippen LogP contribution in [0.4, 0.5) is 0 Å². The molecule has 0 aliphatic rings. The number of aryl methyl sites for hydroxylation is 1. The van der Waals surface area contributed by atoms with Gasteiger partial charge in [-0.1, -0.05) is 17.8 Å². The van der Waals surface area contributed by atoms with E-state index in [1.807, 2.05) is 0 Å². The SMILES string of the molecule is Cn1nnnc1SCCOc1cccc(C(=O)NN)c1. The first-order valence-corrected chi connectivity index (χ1v) is 6.78. The minimum absolute atomic E-state index is 0.352. The number of carbonyl (C=O) groups is 1. The molecule has 106 valence electrons. The molecule has 0 radical (unpaired) electrons. The molecule has 1 heterocycles. The summed E-state index contributed by atoms with van der Waals surface area (Å²) in [5, 5.41) is 11.9. The van der Waals surface area contributed by atoms with Gasteiger partial charge in [-0.15, -0.1) is 5.10 Å².